The number of para-hydroxylation sites is 4. The van der Waals surface area contributed by atoms with Gasteiger partial charge in [0.05, 0.1) is 33.4 Å². The van der Waals surface area contributed by atoms with Crippen molar-refractivity contribution in [2.45, 2.75) is 44.9 Å². The van der Waals surface area contributed by atoms with Crippen LogP contribution in [0.5, 0.6) is 0 Å². The molecule has 2 aliphatic carbocycles. The fraction of sp³-hybridized carbons (Fsp3) is 0.149. The van der Waals surface area contributed by atoms with E-state index in [0.29, 0.717) is 0 Å². The Morgan fingerprint density at radius 2 is 1.00 bits per heavy atom. The van der Waals surface area contributed by atoms with E-state index >= 15 is 0 Å². The third-order valence-electron chi connectivity index (χ3n) is 11.9. The van der Waals surface area contributed by atoms with E-state index in [2.05, 4.69) is 156 Å². The summed E-state index contributed by atoms with van der Waals surface area (Å²) >= 11 is 0. The molecule has 0 unspecified atom stereocenters. The molecule has 1 saturated carbocycles. The molecule has 0 N–H and O–H groups in total. The summed E-state index contributed by atoms with van der Waals surface area (Å²) < 4.78 is 4.69. The van der Waals surface area contributed by atoms with Crippen LogP contribution in [-0.4, -0.2) is 19.1 Å². The van der Waals surface area contributed by atoms with Gasteiger partial charge >= 0.3 is 0 Å². The molecule has 0 bridgehead atoms. The molecule has 0 amide bonds. The highest BCUT2D eigenvalue weighted by atomic mass is 15.1. The normalized spacial score (nSPS) is 14.7. The molecule has 7 aromatic carbocycles. The van der Waals surface area contributed by atoms with E-state index in [9.17, 15) is 0 Å². The summed E-state index contributed by atoms with van der Waals surface area (Å²) in [5.74, 6) is 1.96. The molecule has 2 aliphatic rings. The fourth-order valence-corrected chi connectivity index (χ4v) is 9.98. The van der Waals surface area contributed by atoms with Crippen molar-refractivity contribution in [2.75, 3.05) is 0 Å². The van der Waals surface area contributed by atoms with Gasteiger partial charge < -0.3 is 0 Å². The first-order valence-electron chi connectivity index (χ1n) is 18.2. The molecule has 244 valence electrons. The van der Waals surface area contributed by atoms with Gasteiger partial charge in [-0.2, -0.15) is 0 Å². The van der Waals surface area contributed by atoms with E-state index in [0.717, 1.165) is 45.1 Å². The maximum absolute atomic E-state index is 5.01. The molecule has 0 aliphatic heterocycles. The summed E-state index contributed by atoms with van der Waals surface area (Å²) in [7, 11) is 0. The molecule has 9 aromatic rings. The molecule has 1 fully saturated rings. The number of nitrogens with zero attached hydrogens (tertiary/aromatic N) is 4. The molecule has 51 heavy (non-hydrogen) atoms. The van der Waals surface area contributed by atoms with E-state index in [1.54, 1.807) is 0 Å². The zero-order valence-electron chi connectivity index (χ0n) is 28.8. The van der Waals surface area contributed by atoms with Crippen LogP contribution in [0.2, 0.25) is 0 Å². The monoisotopic (exact) mass is 656 g/mol. The van der Waals surface area contributed by atoms with Gasteiger partial charge in [-0.1, -0.05) is 104 Å². The highest BCUT2D eigenvalue weighted by molar-refractivity contribution is 6.18. The lowest BCUT2D eigenvalue weighted by atomic mass is 9.73. The van der Waals surface area contributed by atoms with Crippen molar-refractivity contribution >= 4 is 43.6 Å². The fourth-order valence-electron chi connectivity index (χ4n) is 9.98. The molecule has 2 heterocycles. The Kier molecular flexibility index (Phi) is 5.93. The Hall–Kier alpha value is -6.00. The number of benzene rings is 7. The highest BCUT2D eigenvalue weighted by Gasteiger charge is 2.46. The van der Waals surface area contributed by atoms with Crippen LogP contribution in [0.4, 0.5) is 0 Å². The van der Waals surface area contributed by atoms with Crippen LogP contribution in [0.15, 0.2) is 133 Å². The molecule has 1 spiro atoms. The van der Waals surface area contributed by atoms with Crippen molar-refractivity contribution < 1.29 is 0 Å². The number of hydrogen-bond acceptors (Lipinski definition) is 2. The lowest BCUT2D eigenvalue weighted by Crippen LogP contribution is -2.21. The van der Waals surface area contributed by atoms with Crippen LogP contribution in [0.1, 0.15) is 48.5 Å². The van der Waals surface area contributed by atoms with Crippen molar-refractivity contribution in [3.63, 3.8) is 0 Å². The molecule has 0 atom stereocenters. The predicted octanol–water partition coefficient (Wildman–Crippen LogP) is 11.8. The van der Waals surface area contributed by atoms with E-state index in [-0.39, 0.29) is 5.41 Å². The Labute approximate surface area is 296 Å². The highest BCUT2D eigenvalue weighted by Crippen LogP contribution is 2.60. The van der Waals surface area contributed by atoms with Gasteiger partial charge in [-0.25, -0.2) is 9.97 Å². The van der Waals surface area contributed by atoms with E-state index in [1.165, 1.54) is 80.6 Å². The third kappa shape index (κ3) is 3.85. The number of rotatable bonds is 3. The van der Waals surface area contributed by atoms with Crippen LogP contribution in [0.3, 0.4) is 0 Å². The molecule has 0 radical (unpaired) electrons. The topological polar surface area (TPSA) is 35.6 Å². The van der Waals surface area contributed by atoms with E-state index in [1.807, 2.05) is 0 Å². The van der Waals surface area contributed by atoms with Crippen LogP contribution in [-0.2, 0) is 5.41 Å². The predicted molar refractivity (Wildman–Crippen MR) is 210 cm³/mol. The number of hydrogen-bond donors (Lipinski definition) is 0. The summed E-state index contributed by atoms with van der Waals surface area (Å²) in [5.41, 5.74) is 15.1. The average molecular weight is 657 g/mol. The zero-order valence-corrected chi connectivity index (χ0v) is 28.8. The minimum atomic E-state index is 0.0283. The Bertz CT molecular complexity index is 2760. The van der Waals surface area contributed by atoms with Crippen LogP contribution >= 0.6 is 0 Å². The lowest BCUT2D eigenvalue weighted by Gasteiger charge is -2.30. The van der Waals surface area contributed by atoms with Gasteiger partial charge in [-0.3, -0.25) is 9.13 Å². The van der Waals surface area contributed by atoms with Gasteiger partial charge in [0.1, 0.15) is 11.6 Å². The molecular weight excluding hydrogens is 621 g/mol. The second-order valence-corrected chi connectivity index (χ2v) is 14.5. The summed E-state index contributed by atoms with van der Waals surface area (Å²) in [6, 6.07) is 49.4. The molecule has 0 saturated heterocycles. The molecule has 11 rings (SSSR count). The maximum Gasteiger partial charge on any atom is 0.111 e. The lowest BCUT2D eigenvalue weighted by molar-refractivity contribution is 0.551. The summed E-state index contributed by atoms with van der Waals surface area (Å²) in [4.78, 5) is 10.0. The Morgan fingerprint density at radius 1 is 0.490 bits per heavy atom. The third-order valence-corrected chi connectivity index (χ3v) is 11.9. The quantitative estimate of drug-likeness (QED) is 0.177. The van der Waals surface area contributed by atoms with Crippen molar-refractivity contribution in [3.05, 3.63) is 156 Å². The number of fused-ring (bicyclic) bond motifs is 9. The van der Waals surface area contributed by atoms with Gasteiger partial charge in [-0.05, 0) is 113 Å². The van der Waals surface area contributed by atoms with Gasteiger partial charge in [0.25, 0.3) is 0 Å². The molecule has 4 nitrogen and oxygen atoms in total. The first-order chi connectivity index (χ1) is 25.1. The number of aromatic nitrogens is 4. The average Bonchev–Trinajstić information content (AvgIpc) is 3.93. The summed E-state index contributed by atoms with van der Waals surface area (Å²) in [6.45, 7) is 4.25. The standard InChI is InChI=1S/C47H36N4/c1-29-48-39-20-5-7-22-43(39)50(29)41-24-12-15-32-36(41)28-37-33(16-13-25-42(37)51-30(2)49-40-21-6-8-23-44(40)51)45(32)35-18-11-17-34-31-14-3-4-19-38(31)47(46(34)35)26-9-10-27-47/h3-8,11-25,28H,9-10,26-27H2,1-2H3. The van der Waals surface area contributed by atoms with E-state index < -0.39 is 0 Å². The van der Waals surface area contributed by atoms with Crippen molar-refractivity contribution in [1.82, 2.24) is 19.1 Å². The van der Waals surface area contributed by atoms with Crippen LogP contribution < -0.4 is 0 Å². The Morgan fingerprint density at radius 3 is 1.63 bits per heavy atom. The number of aryl methyl sites for hydroxylation is 2. The SMILES string of the molecule is Cc1nc2ccccc2n1-c1cccc2c(-c3cccc4c3C3(CCCC3)c3ccccc3-4)c3cccc(-n4c(C)nc5ccccc54)c3cc12. The largest absolute Gasteiger partial charge is 0.296 e. The van der Waals surface area contributed by atoms with E-state index in [4.69, 9.17) is 9.97 Å². The van der Waals surface area contributed by atoms with Gasteiger partial charge in [0.15, 0.2) is 0 Å². The van der Waals surface area contributed by atoms with Gasteiger partial charge in [0, 0.05) is 16.2 Å². The maximum atomic E-state index is 5.01. The molecule has 2 aromatic heterocycles. The zero-order chi connectivity index (χ0) is 33.8. The minimum absolute atomic E-state index is 0.0283. The summed E-state index contributed by atoms with van der Waals surface area (Å²) in [5, 5.41) is 4.96. The van der Waals surface area contributed by atoms with Gasteiger partial charge in [-0.15, -0.1) is 0 Å². The smallest absolute Gasteiger partial charge is 0.111 e. The van der Waals surface area contributed by atoms with Gasteiger partial charge in [0.2, 0.25) is 0 Å². The first-order valence-corrected chi connectivity index (χ1v) is 18.2. The first kappa shape index (κ1) is 28.8. The van der Waals surface area contributed by atoms with Crippen LogP contribution in [0, 0.1) is 13.8 Å². The Balaban J connectivity index is 1.32. The second-order valence-electron chi connectivity index (χ2n) is 14.5. The minimum Gasteiger partial charge on any atom is -0.296 e. The molecule has 4 heteroatoms. The van der Waals surface area contributed by atoms with Crippen molar-refractivity contribution in [2.24, 2.45) is 0 Å². The number of imidazole rings is 2. The van der Waals surface area contributed by atoms with Crippen LogP contribution in [0.25, 0.3) is 77.2 Å². The van der Waals surface area contributed by atoms with Crippen molar-refractivity contribution in [1.29, 1.82) is 0 Å². The second kappa shape index (κ2) is 10.5. The molecular formula is C47H36N4. The summed E-state index contributed by atoms with van der Waals surface area (Å²) in [6.07, 6.45) is 4.89. The van der Waals surface area contributed by atoms with Crippen molar-refractivity contribution in [3.8, 4) is 33.6 Å².